The van der Waals surface area contributed by atoms with Gasteiger partial charge >= 0.3 is 18.1 Å². The highest BCUT2D eigenvalue weighted by Gasteiger charge is 2.51. The molecule has 1 aromatic carbocycles. The van der Waals surface area contributed by atoms with Gasteiger partial charge in [0.25, 0.3) is 0 Å². The van der Waals surface area contributed by atoms with Crippen LogP contribution in [-0.2, 0) is 23.9 Å². The molecule has 1 saturated heterocycles. The first-order chi connectivity index (χ1) is 15.1. The summed E-state index contributed by atoms with van der Waals surface area (Å²) in [5.74, 6) is -4.26. The van der Waals surface area contributed by atoms with Gasteiger partial charge in [0.05, 0.1) is 30.0 Å². The van der Waals surface area contributed by atoms with Gasteiger partial charge in [-0.05, 0) is 49.5 Å². The van der Waals surface area contributed by atoms with E-state index >= 15 is 0 Å². The largest absolute Gasteiger partial charge is 0.481 e. The number of imide groups is 1. The van der Waals surface area contributed by atoms with Crippen molar-refractivity contribution in [1.82, 2.24) is 0 Å². The number of halogens is 3. The normalized spacial score (nSPS) is 23.5. The van der Waals surface area contributed by atoms with E-state index in [0.29, 0.717) is 24.1 Å². The Kier molecular flexibility index (Phi) is 7.00. The Labute approximate surface area is 181 Å². The Balaban J connectivity index is 1.58. The van der Waals surface area contributed by atoms with Crippen LogP contribution in [0.3, 0.4) is 0 Å². The number of rotatable bonds is 7. The van der Waals surface area contributed by atoms with Gasteiger partial charge in [-0.3, -0.25) is 19.3 Å². The van der Waals surface area contributed by atoms with Crippen molar-refractivity contribution in [2.45, 2.75) is 38.3 Å². The minimum absolute atomic E-state index is 0.146. The minimum Gasteiger partial charge on any atom is -0.481 e. The topological polar surface area (TPSA) is 101 Å². The zero-order valence-corrected chi connectivity index (χ0v) is 17.0. The Bertz CT molecular complexity index is 925. The predicted molar refractivity (Wildman–Crippen MR) is 106 cm³/mol. The number of carboxylic acids is 1. The Morgan fingerprint density at radius 1 is 1.09 bits per heavy atom. The van der Waals surface area contributed by atoms with Gasteiger partial charge in [-0.15, -0.1) is 0 Å². The van der Waals surface area contributed by atoms with Gasteiger partial charge in [0, 0.05) is 12.5 Å². The monoisotopic (exact) mass is 453 g/mol. The van der Waals surface area contributed by atoms with Gasteiger partial charge in [0.1, 0.15) is 0 Å². The van der Waals surface area contributed by atoms with Crippen LogP contribution < -0.4 is 4.90 Å². The molecule has 7 nitrogen and oxygen atoms in total. The van der Waals surface area contributed by atoms with Crippen molar-refractivity contribution in [3.05, 3.63) is 35.9 Å². The summed E-state index contributed by atoms with van der Waals surface area (Å²) in [5.41, 5.74) is 0.914. The fourth-order valence-corrected chi connectivity index (χ4v) is 4.05. The SMILES string of the molecule is O=C(C=Cc1ccc(N2C(=O)C3CCC(C(=O)O)CC3C2=O)cc1)OCCCC(F)(F)F. The lowest BCUT2D eigenvalue weighted by molar-refractivity contribution is -0.146. The van der Waals surface area contributed by atoms with Crippen molar-refractivity contribution in [3.8, 4) is 0 Å². The van der Waals surface area contributed by atoms with Crippen molar-refractivity contribution in [2.75, 3.05) is 11.5 Å². The van der Waals surface area contributed by atoms with Crippen LogP contribution in [0.5, 0.6) is 0 Å². The number of carbonyl (C=O) groups excluding carboxylic acids is 3. The maximum Gasteiger partial charge on any atom is 0.389 e. The summed E-state index contributed by atoms with van der Waals surface area (Å²) >= 11 is 0. The third kappa shape index (κ3) is 5.54. The van der Waals surface area contributed by atoms with E-state index in [1.807, 2.05) is 0 Å². The first-order valence-electron chi connectivity index (χ1n) is 10.2. The van der Waals surface area contributed by atoms with E-state index in [0.717, 1.165) is 11.0 Å². The molecule has 3 atom stereocenters. The fraction of sp³-hybridized carbons (Fsp3) is 0.455. The number of aliphatic carboxylic acids is 1. The summed E-state index contributed by atoms with van der Waals surface area (Å²) in [7, 11) is 0. The van der Waals surface area contributed by atoms with Crippen LogP contribution in [0.1, 0.15) is 37.7 Å². The van der Waals surface area contributed by atoms with E-state index in [9.17, 15) is 37.5 Å². The van der Waals surface area contributed by atoms with Gasteiger partial charge in [0.15, 0.2) is 0 Å². The average Bonchev–Trinajstić information content (AvgIpc) is 2.99. The molecule has 2 fully saturated rings. The summed E-state index contributed by atoms with van der Waals surface area (Å²) < 4.78 is 40.9. The second kappa shape index (κ2) is 9.54. The van der Waals surface area contributed by atoms with Crippen LogP contribution in [0.4, 0.5) is 18.9 Å². The molecule has 0 aromatic heterocycles. The molecule has 2 amide bonds. The third-order valence-corrected chi connectivity index (χ3v) is 5.69. The van der Waals surface area contributed by atoms with Crippen LogP contribution in [0, 0.1) is 17.8 Å². The van der Waals surface area contributed by atoms with Crippen LogP contribution in [-0.4, -0.2) is 41.6 Å². The molecule has 3 rings (SSSR count). The molecule has 3 unspecified atom stereocenters. The highest BCUT2D eigenvalue weighted by Crippen LogP contribution is 2.42. The fourth-order valence-electron chi connectivity index (χ4n) is 4.05. The van der Waals surface area contributed by atoms with E-state index < -0.39 is 48.2 Å². The van der Waals surface area contributed by atoms with Crippen molar-refractivity contribution in [3.63, 3.8) is 0 Å². The molecule has 172 valence electrons. The van der Waals surface area contributed by atoms with Crippen molar-refractivity contribution < 1.29 is 42.2 Å². The number of carboxylic acid groups (broad SMARTS) is 1. The third-order valence-electron chi connectivity index (χ3n) is 5.69. The number of esters is 1. The van der Waals surface area contributed by atoms with Gasteiger partial charge in [-0.2, -0.15) is 13.2 Å². The zero-order chi connectivity index (χ0) is 23.5. The van der Waals surface area contributed by atoms with Gasteiger partial charge in [-0.1, -0.05) is 12.1 Å². The van der Waals surface area contributed by atoms with E-state index in [1.54, 1.807) is 12.1 Å². The van der Waals surface area contributed by atoms with E-state index in [2.05, 4.69) is 0 Å². The molecule has 0 bridgehead atoms. The van der Waals surface area contributed by atoms with Crippen LogP contribution in [0.25, 0.3) is 6.08 Å². The molecule has 1 saturated carbocycles. The number of carbonyl (C=O) groups is 4. The maximum atomic E-state index is 12.8. The van der Waals surface area contributed by atoms with Crippen molar-refractivity contribution in [1.29, 1.82) is 0 Å². The summed E-state index contributed by atoms with van der Waals surface area (Å²) in [6.45, 7) is -0.341. The second-order valence-corrected chi connectivity index (χ2v) is 7.88. The number of anilines is 1. The van der Waals surface area contributed by atoms with Gasteiger partial charge < -0.3 is 9.84 Å². The molecule has 1 aliphatic carbocycles. The smallest absolute Gasteiger partial charge is 0.389 e. The maximum absolute atomic E-state index is 12.8. The number of alkyl halides is 3. The van der Waals surface area contributed by atoms with Crippen LogP contribution >= 0.6 is 0 Å². The van der Waals surface area contributed by atoms with Gasteiger partial charge in [0.2, 0.25) is 11.8 Å². The lowest BCUT2D eigenvalue weighted by Crippen LogP contribution is -2.31. The minimum atomic E-state index is -4.29. The first kappa shape index (κ1) is 23.5. The summed E-state index contributed by atoms with van der Waals surface area (Å²) in [6, 6.07) is 6.23. The number of hydrogen-bond donors (Lipinski definition) is 1. The number of ether oxygens (including phenoxy) is 1. The number of nitrogens with zero attached hydrogens (tertiary/aromatic N) is 1. The number of fused-ring (bicyclic) bond motifs is 1. The Hall–Kier alpha value is -3.17. The lowest BCUT2D eigenvalue weighted by Gasteiger charge is -2.25. The Morgan fingerprint density at radius 2 is 1.75 bits per heavy atom. The number of hydrogen-bond acceptors (Lipinski definition) is 5. The van der Waals surface area contributed by atoms with Crippen LogP contribution in [0.2, 0.25) is 0 Å². The average molecular weight is 453 g/mol. The van der Waals surface area contributed by atoms with E-state index in [4.69, 9.17) is 4.74 Å². The molecule has 2 aliphatic rings. The van der Waals surface area contributed by atoms with E-state index in [-0.39, 0.29) is 25.4 Å². The molecule has 1 N–H and O–H groups in total. The molecule has 10 heteroatoms. The molecular weight excluding hydrogens is 431 g/mol. The van der Waals surface area contributed by atoms with Gasteiger partial charge in [-0.25, -0.2) is 4.79 Å². The Morgan fingerprint density at radius 3 is 2.38 bits per heavy atom. The standard InChI is InChI=1S/C22H22F3NO6/c23-22(24,25)10-1-11-32-18(27)9-4-13-2-6-15(7-3-13)26-19(28)16-8-5-14(21(30)31)12-17(16)20(26)29/h2-4,6-7,9,14,16-17H,1,5,8,10-12H2,(H,30,31). The predicted octanol–water partition coefficient (Wildman–Crippen LogP) is 3.58. The molecule has 1 heterocycles. The molecule has 0 spiro atoms. The molecule has 1 aliphatic heterocycles. The second-order valence-electron chi connectivity index (χ2n) is 7.88. The quantitative estimate of drug-likeness (QED) is 0.293. The summed E-state index contributed by atoms with van der Waals surface area (Å²) in [5, 5.41) is 9.21. The lowest BCUT2D eigenvalue weighted by atomic mass is 9.75. The summed E-state index contributed by atoms with van der Waals surface area (Å²) in [4.78, 5) is 49.4. The van der Waals surface area contributed by atoms with E-state index in [1.165, 1.54) is 18.2 Å². The zero-order valence-electron chi connectivity index (χ0n) is 17.0. The first-order valence-corrected chi connectivity index (χ1v) is 10.2. The number of benzene rings is 1. The number of amides is 2. The molecule has 1 aromatic rings. The molecular formula is C22H22F3NO6. The highest BCUT2D eigenvalue weighted by atomic mass is 19.4. The molecule has 0 radical (unpaired) electrons. The van der Waals surface area contributed by atoms with Crippen molar-refractivity contribution >= 4 is 35.5 Å². The highest BCUT2D eigenvalue weighted by molar-refractivity contribution is 6.22. The van der Waals surface area contributed by atoms with Crippen LogP contribution in [0.15, 0.2) is 30.3 Å². The summed E-state index contributed by atoms with van der Waals surface area (Å²) in [6.07, 6.45) is -2.29. The van der Waals surface area contributed by atoms with Crippen molar-refractivity contribution in [2.24, 2.45) is 17.8 Å². The molecule has 32 heavy (non-hydrogen) atoms.